The van der Waals surface area contributed by atoms with Crippen molar-refractivity contribution in [3.63, 3.8) is 0 Å². The molecule has 0 aromatic rings. The Morgan fingerprint density at radius 2 is 2.00 bits per heavy atom. The highest BCUT2D eigenvalue weighted by Crippen LogP contribution is 2.38. The van der Waals surface area contributed by atoms with E-state index < -0.39 is 12.2 Å². The molecule has 5 atom stereocenters. The fourth-order valence-electron chi connectivity index (χ4n) is 1.97. The summed E-state index contributed by atoms with van der Waals surface area (Å²) < 4.78 is 5.24. The third kappa shape index (κ3) is 0.906. The van der Waals surface area contributed by atoms with Crippen LogP contribution in [0.3, 0.4) is 0 Å². The molecule has 2 fully saturated rings. The topological polar surface area (TPSA) is 69.9 Å². The molecule has 2 aliphatic heterocycles. The number of ether oxygens (including phenoxy) is 1. The molecule has 2 rings (SSSR count). The Morgan fingerprint density at radius 3 is 2.45 bits per heavy atom. The Balaban J connectivity index is 2.10. The van der Waals surface area contributed by atoms with Crippen molar-refractivity contribution in [1.82, 2.24) is 0 Å². The summed E-state index contributed by atoms with van der Waals surface area (Å²) in [6.45, 7) is 0.0327. The molecule has 64 valence electrons. The molecule has 0 aromatic carbocycles. The Morgan fingerprint density at radius 1 is 1.27 bits per heavy atom. The van der Waals surface area contributed by atoms with E-state index in [4.69, 9.17) is 9.84 Å². The van der Waals surface area contributed by atoms with Crippen molar-refractivity contribution < 1.29 is 20.1 Å². The van der Waals surface area contributed by atoms with Crippen LogP contribution in [0.2, 0.25) is 0 Å². The van der Waals surface area contributed by atoms with Crippen LogP contribution in [0.25, 0.3) is 0 Å². The molecule has 0 saturated carbocycles. The molecule has 0 aliphatic carbocycles. The fourth-order valence-corrected chi connectivity index (χ4v) is 1.97. The number of aliphatic hydroxyl groups excluding tert-OH is 3. The first kappa shape index (κ1) is 7.49. The van der Waals surface area contributed by atoms with Gasteiger partial charge >= 0.3 is 0 Å². The van der Waals surface area contributed by atoms with Crippen LogP contribution in [0.1, 0.15) is 6.42 Å². The van der Waals surface area contributed by atoms with Gasteiger partial charge in [0.2, 0.25) is 0 Å². The van der Waals surface area contributed by atoms with Crippen molar-refractivity contribution in [3.8, 4) is 0 Å². The number of hydrogen-bond donors (Lipinski definition) is 3. The lowest BCUT2D eigenvalue weighted by atomic mass is 9.86. The van der Waals surface area contributed by atoms with Crippen LogP contribution >= 0.6 is 0 Å². The summed E-state index contributed by atoms with van der Waals surface area (Å²) >= 11 is 0. The summed E-state index contributed by atoms with van der Waals surface area (Å²) in [5.41, 5.74) is 0. The molecule has 0 aromatic heterocycles. The first-order valence-electron chi connectivity index (χ1n) is 3.86. The maximum absolute atomic E-state index is 9.30. The van der Waals surface area contributed by atoms with Gasteiger partial charge in [-0.05, 0) is 6.42 Å². The highest BCUT2D eigenvalue weighted by atomic mass is 16.5. The predicted molar refractivity (Wildman–Crippen MR) is 35.9 cm³/mol. The van der Waals surface area contributed by atoms with Crippen molar-refractivity contribution in [2.75, 3.05) is 6.61 Å². The first-order chi connectivity index (χ1) is 5.24. The van der Waals surface area contributed by atoms with Gasteiger partial charge in [-0.15, -0.1) is 0 Å². The maximum Gasteiger partial charge on any atom is 0.109 e. The van der Waals surface area contributed by atoms with Gasteiger partial charge in [0.25, 0.3) is 0 Å². The molecule has 4 heteroatoms. The molecule has 0 unspecified atom stereocenters. The van der Waals surface area contributed by atoms with Crippen molar-refractivity contribution in [2.24, 2.45) is 5.92 Å². The quantitative estimate of drug-likeness (QED) is 0.436. The second-order valence-electron chi connectivity index (χ2n) is 3.30. The minimum Gasteiger partial charge on any atom is -0.396 e. The van der Waals surface area contributed by atoms with Gasteiger partial charge in [-0.25, -0.2) is 0 Å². The Labute approximate surface area is 64.4 Å². The van der Waals surface area contributed by atoms with Crippen LogP contribution in [0.4, 0.5) is 0 Å². The number of rotatable bonds is 1. The fraction of sp³-hybridized carbons (Fsp3) is 1.00. The summed E-state index contributed by atoms with van der Waals surface area (Å²) in [7, 11) is 0. The Kier molecular flexibility index (Phi) is 1.64. The number of aliphatic hydroxyl groups is 3. The minimum atomic E-state index is -0.800. The van der Waals surface area contributed by atoms with Crippen LogP contribution in [-0.4, -0.2) is 46.3 Å². The number of hydrogen-bond acceptors (Lipinski definition) is 4. The predicted octanol–water partition coefficient (Wildman–Crippen LogP) is -1.51. The zero-order valence-corrected chi connectivity index (χ0v) is 6.05. The lowest BCUT2D eigenvalue weighted by Gasteiger charge is -2.24. The SMILES string of the molecule is OC[C@H]1C[C@H]2O[C@@H]1[C@H](O)[C@H]2O. The standard InChI is InChI=1S/C7H12O4/c8-2-3-1-4-5(9)6(10)7(3)11-4/h3-10H,1-2H2/t3-,4-,5+,6-,7+/m1/s1. The molecule has 0 radical (unpaired) electrons. The van der Waals surface area contributed by atoms with Gasteiger partial charge in [0.1, 0.15) is 12.2 Å². The highest BCUT2D eigenvalue weighted by molar-refractivity contribution is 5.01. The van der Waals surface area contributed by atoms with Gasteiger partial charge in [-0.3, -0.25) is 0 Å². The van der Waals surface area contributed by atoms with Crippen molar-refractivity contribution in [1.29, 1.82) is 0 Å². The molecule has 11 heavy (non-hydrogen) atoms. The lowest BCUT2D eigenvalue weighted by Crippen LogP contribution is -2.42. The van der Waals surface area contributed by atoms with Gasteiger partial charge < -0.3 is 20.1 Å². The van der Waals surface area contributed by atoms with Gasteiger partial charge in [0.15, 0.2) is 0 Å². The lowest BCUT2D eigenvalue weighted by molar-refractivity contribution is -0.0137. The molecule has 0 amide bonds. The van der Waals surface area contributed by atoms with Crippen LogP contribution in [0.5, 0.6) is 0 Å². The van der Waals surface area contributed by atoms with Crippen LogP contribution in [-0.2, 0) is 4.74 Å². The largest absolute Gasteiger partial charge is 0.396 e. The van der Waals surface area contributed by atoms with E-state index in [1.807, 2.05) is 0 Å². The van der Waals surface area contributed by atoms with E-state index >= 15 is 0 Å². The summed E-state index contributed by atoms with van der Waals surface area (Å²) in [4.78, 5) is 0. The average molecular weight is 160 g/mol. The summed E-state index contributed by atoms with van der Waals surface area (Å²) in [5.74, 6) is 0.0124. The number of fused-ring (bicyclic) bond motifs is 2. The molecule has 2 bridgehead atoms. The summed E-state index contributed by atoms with van der Waals surface area (Å²) in [6, 6.07) is 0. The summed E-state index contributed by atoms with van der Waals surface area (Å²) in [5, 5.41) is 27.4. The molecule has 0 spiro atoms. The molecular weight excluding hydrogens is 148 g/mol. The molecular formula is C7H12O4. The normalized spacial score (nSPS) is 55.4. The third-order valence-electron chi connectivity index (χ3n) is 2.63. The Bertz CT molecular complexity index is 155. The Hall–Kier alpha value is -0.160. The van der Waals surface area contributed by atoms with Crippen LogP contribution in [0.15, 0.2) is 0 Å². The smallest absolute Gasteiger partial charge is 0.109 e. The van der Waals surface area contributed by atoms with E-state index in [9.17, 15) is 10.2 Å². The minimum absolute atomic E-state index is 0.0124. The van der Waals surface area contributed by atoms with Gasteiger partial charge in [-0.1, -0.05) is 0 Å². The second kappa shape index (κ2) is 2.42. The van der Waals surface area contributed by atoms with Crippen molar-refractivity contribution >= 4 is 0 Å². The first-order valence-corrected chi connectivity index (χ1v) is 3.86. The zero-order valence-electron chi connectivity index (χ0n) is 6.05. The second-order valence-corrected chi connectivity index (χ2v) is 3.30. The zero-order chi connectivity index (χ0) is 8.01. The van der Waals surface area contributed by atoms with Crippen molar-refractivity contribution in [3.05, 3.63) is 0 Å². The van der Waals surface area contributed by atoms with E-state index in [0.717, 1.165) is 0 Å². The van der Waals surface area contributed by atoms with Gasteiger partial charge in [0.05, 0.1) is 12.2 Å². The summed E-state index contributed by atoms with van der Waals surface area (Å²) in [6.07, 6.45) is -1.49. The molecule has 2 aliphatic rings. The van der Waals surface area contributed by atoms with Crippen LogP contribution in [0, 0.1) is 5.92 Å². The molecule has 2 saturated heterocycles. The van der Waals surface area contributed by atoms with Gasteiger partial charge in [-0.2, -0.15) is 0 Å². The van der Waals surface area contributed by atoms with E-state index in [2.05, 4.69) is 0 Å². The van der Waals surface area contributed by atoms with Gasteiger partial charge in [0, 0.05) is 12.5 Å². The molecule has 4 nitrogen and oxygen atoms in total. The highest BCUT2D eigenvalue weighted by Gasteiger charge is 2.52. The van der Waals surface area contributed by atoms with E-state index in [1.54, 1.807) is 0 Å². The van der Waals surface area contributed by atoms with E-state index in [1.165, 1.54) is 0 Å². The van der Waals surface area contributed by atoms with E-state index in [-0.39, 0.29) is 24.7 Å². The van der Waals surface area contributed by atoms with Crippen molar-refractivity contribution in [2.45, 2.75) is 30.8 Å². The molecule has 2 heterocycles. The third-order valence-corrected chi connectivity index (χ3v) is 2.63. The monoisotopic (exact) mass is 160 g/mol. The van der Waals surface area contributed by atoms with Crippen LogP contribution < -0.4 is 0 Å². The molecule has 3 N–H and O–H groups in total. The average Bonchev–Trinajstić information content (AvgIpc) is 2.53. The van der Waals surface area contributed by atoms with E-state index in [0.29, 0.717) is 6.42 Å². The maximum atomic E-state index is 9.30.